The standard InChI is InChI=1S/C14H14ClN3O2S/c15-11-8-12(9-4-2-1-3-5-9)18-13(11)16-14(17-18)21(19,20)10-6-7-10/h1-5,10-12H,6-8H2/t11-,12+/m1/s1/i11D. The number of benzene rings is 1. The van der Waals surface area contributed by atoms with E-state index in [0.717, 1.165) is 5.56 Å². The molecule has 2 heterocycles. The summed E-state index contributed by atoms with van der Waals surface area (Å²) in [6, 6.07) is 9.27. The number of halogens is 1. The second-order valence-electron chi connectivity index (χ2n) is 5.44. The van der Waals surface area contributed by atoms with E-state index in [1.807, 2.05) is 30.3 Å². The van der Waals surface area contributed by atoms with E-state index in [1.54, 1.807) is 0 Å². The molecule has 1 aliphatic heterocycles. The molecule has 0 radical (unpaired) electrons. The van der Waals surface area contributed by atoms with E-state index in [-0.39, 0.29) is 22.3 Å². The van der Waals surface area contributed by atoms with Gasteiger partial charge < -0.3 is 0 Å². The Labute approximate surface area is 129 Å². The van der Waals surface area contributed by atoms with Crippen LogP contribution >= 0.6 is 11.6 Å². The predicted octanol–water partition coefficient (Wildman–Crippen LogP) is 2.49. The Bertz CT molecular complexity index is 831. The van der Waals surface area contributed by atoms with Crippen LogP contribution in [-0.4, -0.2) is 28.4 Å². The number of alkyl halides is 1. The van der Waals surface area contributed by atoms with Gasteiger partial charge in [-0.15, -0.1) is 16.7 Å². The van der Waals surface area contributed by atoms with Crippen molar-refractivity contribution in [1.29, 1.82) is 0 Å². The molecule has 110 valence electrons. The summed E-state index contributed by atoms with van der Waals surface area (Å²) in [5, 5.41) is 2.17. The molecule has 7 heteroatoms. The minimum Gasteiger partial charge on any atom is -0.240 e. The lowest BCUT2D eigenvalue weighted by Crippen LogP contribution is -2.12. The predicted molar refractivity (Wildman–Crippen MR) is 78.0 cm³/mol. The van der Waals surface area contributed by atoms with E-state index in [2.05, 4.69) is 10.1 Å². The Hall–Kier alpha value is -1.40. The van der Waals surface area contributed by atoms with Gasteiger partial charge in [-0.2, -0.15) is 0 Å². The highest BCUT2D eigenvalue weighted by molar-refractivity contribution is 7.92. The van der Waals surface area contributed by atoms with Gasteiger partial charge in [0.2, 0.25) is 9.84 Å². The molecule has 1 saturated carbocycles. The summed E-state index contributed by atoms with van der Waals surface area (Å²) in [4.78, 5) is 4.10. The third kappa shape index (κ3) is 2.08. The average molecular weight is 325 g/mol. The number of rotatable bonds is 3. The summed E-state index contributed by atoms with van der Waals surface area (Å²) in [5.41, 5.74) is 0.943. The average Bonchev–Trinajstić information content (AvgIpc) is 3.19. The summed E-state index contributed by atoms with van der Waals surface area (Å²) < 4.78 is 34.4. The molecule has 5 nitrogen and oxygen atoms in total. The SMILES string of the molecule is [2H][C@@]1(Cl)C[C@@H](c2ccccc2)n2nc(S(=O)(=O)C3CC3)nc21. The summed E-state index contributed by atoms with van der Waals surface area (Å²) in [6.07, 6.45) is 1.63. The summed E-state index contributed by atoms with van der Waals surface area (Å²) in [5.74, 6) is 0.210. The molecule has 0 spiro atoms. The molecular weight excluding hydrogens is 310 g/mol. The quantitative estimate of drug-likeness (QED) is 0.814. The third-order valence-corrected chi connectivity index (χ3v) is 6.28. The van der Waals surface area contributed by atoms with Gasteiger partial charge in [0.1, 0.15) is 5.82 Å². The number of fused-ring (bicyclic) bond motifs is 1. The maximum Gasteiger partial charge on any atom is 0.267 e. The van der Waals surface area contributed by atoms with Crippen molar-refractivity contribution in [3.8, 4) is 0 Å². The summed E-state index contributed by atoms with van der Waals surface area (Å²) in [7, 11) is -3.48. The highest BCUT2D eigenvalue weighted by Crippen LogP contribution is 2.42. The van der Waals surface area contributed by atoms with Crippen molar-refractivity contribution in [2.24, 2.45) is 0 Å². The van der Waals surface area contributed by atoms with Crippen LogP contribution in [0.4, 0.5) is 0 Å². The first kappa shape index (κ1) is 12.2. The molecule has 1 aliphatic carbocycles. The van der Waals surface area contributed by atoms with E-state index in [9.17, 15) is 8.42 Å². The second kappa shape index (κ2) is 4.55. The Balaban J connectivity index is 1.82. The smallest absolute Gasteiger partial charge is 0.240 e. The first-order valence-electron chi connectivity index (χ1n) is 7.34. The minimum absolute atomic E-state index is 0.192. The van der Waals surface area contributed by atoms with Crippen molar-refractivity contribution in [1.82, 2.24) is 14.8 Å². The monoisotopic (exact) mass is 324 g/mol. The first-order chi connectivity index (χ1) is 10.4. The van der Waals surface area contributed by atoms with Gasteiger partial charge in [-0.3, -0.25) is 0 Å². The van der Waals surface area contributed by atoms with E-state index >= 15 is 0 Å². The molecule has 0 saturated heterocycles. The summed E-state index contributed by atoms with van der Waals surface area (Å²) in [6.45, 7) is 0. The maximum absolute atomic E-state index is 12.3. The molecular formula is C14H14ClN3O2S. The zero-order valence-corrected chi connectivity index (χ0v) is 12.7. The largest absolute Gasteiger partial charge is 0.267 e. The zero-order valence-electron chi connectivity index (χ0n) is 12.1. The summed E-state index contributed by atoms with van der Waals surface area (Å²) >= 11 is 6.25. The van der Waals surface area contributed by atoms with Gasteiger partial charge in [0.15, 0.2) is 0 Å². The Morgan fingerprint density at radius 2 is 2.00 bits per heavy atom. The van der Waals surface area contributed by atoms with Gasteiger partial charge in [-0.1, -0.05) is 30.3 Å². The highest BCUT2D eigenvalue weighted by Gasteiger charge is 2.42. The molecule has 1 aromatic heterocycles. The molecule has 21 heavy (non-hydrogen) atoms. The normalized spacial score (nSPS) is 29.2. The minimum atomic E-state index is -3.48. The van der Waals surface area contributed by atoms with Gasteiger partial charge in [0.05, 0.1) is 18.0 Å². The fraction of sp³-hybridized carbons (Fsp3) is 0.429. The van der Waals surface area contributed by atoms with Crippen LogP contribution in [0.1, 0.15) is 43.4 Å². The van der Waals surface area contributed by atoms with Crippen molar-refractivity contribution in [3.05, 3.63) is 41.7 Å². The molecule has 1 aromatic carbocycles. The molecule has 2 aliphatic rings. The van der Waals surface area contributed by atoms with Crippen molar-refractivity contribution in [2.75, 3.05) is 0 Å². The van der Waals surface area contributed by atoms with E-state index in [4.69, 9.17) is 13.0 Å². The number of sulfone groups is 1. The lowest BCUT2D eigenvalue weighted by Gasteiger charge is -2.11. The molecule has 0 bridgehead atoms. The number of hydrogen-bond acceptors (Lipinski definition) is 4. The van der Waals surface area contributed by atoms with Crippen molar-refractivity contribution in [2.45, 2.75) is 41.1 Å². The van der Waals surface area contributed by atoms with Crippen LogP contribution in [0.15, 0.2) is 35.5 Å². The molecule has 2 aromatic rings. The molecule has 4 rings (SSSR count). The topological polar surface area (TPSA) is 64.8 Å². The van der Waals surface area contributed by atoms with E-state index in [1.165, 1.54) is 4.68 Å². The second-order valence-corrected chi connectivity index (χ2v) is 8.02. The molecule has 0 unspecified atom stereocenters. The van der Waals surface area contributed by atoms with Crippen molar-refractivity contribution >= 4 is 21.4 Å². The number of hydrogen-bond donors (Lipinski definition) is 0. The van der Waals surface area contributed by atoms with Crippen LogP contribution in [0.25, 0.3) is 0 Å². The van der Waals surface area contributed by atoms with Crippen LogP contribution < -0.4 is 0 Å². The van der Waals surface area contributed by atoms with Crippen LogP contribution in [0.5, 0.6) is 0 Å². The van der Waals surface area contributed by atoms with Gasteiger partial charge in [-0.05, 0) is 24.8 Å². The van der Waals surface area contributed by atoms with Gasteiger partial charge in [-0.25, -0.2) is 18.1 Å². The fourth-order valence-electron chi connectivity index (χ4n) is 2.64. The maximum atomic E-state index is 12.3. The van der Waals surface area contributed by atoms with Crippen molar-refractivity contribution < 1.29 is 9.79 Å². The van der Waals surface area contributed by atoms with Gasteiger partial charge in [0, 0.05) is 0 Å². The van der Waals surface area contributed by atoms with Crippen LogP contribution in [0.3, 0.4) is 0 Å². The number of aromatic nitrogens is 3. The molecule has 0 N–H and O–H groups in total. The van der Waals surface area contributed by atoms with Crippen molar-refractivity contribution in [3.63, 3.8) is 0 Å². The Morgan fingerprint density at radius 1 is 1.29 bits per heavy atom. The third-order valence-electron chi connectivity index (χ3n) is 3.92. The van der Waals surface area contributed by atoms with Gasteiger partial charge >= 0.3 is 0 Å². The van der Waals surface area contributed by atoms with E-state index in [0.29, 0.717) is 19.3 Å². The van der Waals surface area contributed by atoms with Crippen LogP contribution in [0, 0.1) is 0 Å². The first-order valence-corrected chi connectivity index (χ1v) is 8.77. The lowest BCUT2D eigenvalue weighted by molar-refractivity contribution is 0.531. The number of nitrogens with zero attached hydrogens (tertiary/aromatic N) is 3. The Kier molecular flexibility index (Phi) is 2.64. The van der Waals surface area contributed by atoms with Crippen LogP contribution in [-0.2, 0) is 9.84 Å². The molecule has 1 fully saturated rings. The zero-order chi connectivity index (χ0) is 15.5. The molecule has 0 amide bonds. The highest BCUT2D eigenvalue weighted by atomic mass is 35.5. The fourth-order valence-corrected chi connectivity index (χ4v) is 4.38. The lowest BCUT2D eigenvalue weighted by atomic mass is 10.1. The Morgan fingerprint density at radius 3 is 2.67 bits per heavy atom. The molecule has 2 atom stereocenters. The van der Waals surface area contributed by atoms with Gasteiger partial charge in [0.25, 0.3) is 5.16 Å². The van der Waals surface area contributed by atoms with Crippen LogP contribution in [0.2, 0.25) is 0 Å². The van der Waals surface area contributed by atoms with E-state index < -0.39 is 15.2 Å².